The molecule has 0 aliphatic carbocycles. The predicted octanol–water partition coefficient (Wildman–Crippen LogP) is 1.45. The summed E-state index contributed by atoms with van der Waals surface area (Å²) in [5, 5.41) is 0. The molecule has 1 aromatic heterocycles. The average Bonchev–Trinajstić information content (AvgIpc) is 3.00. The molecule has 9 heteroatoms. The van der Waals surface area contributed by atoms with Crippen LogP contribution in [0.2, 0.25) is 0 Å². The molecule has 2 aromatic rings. The highest BCUT2D eigenvalue weighted by atomic mass is 19.2. The minimum absolute atomic E-state index is 0.0389. The number of aromatic nitrogens is 2. The highest BCUT2D eigenvalue weighted by Crippen LogP contribution is 2.39. The Kier molecular flexibility index (Phi) is 3.36. The highest BCUT2D eigenvalue weighted by molar-refractivity contribution is 5.61. The third kappa shape index (κ3) is 2.27. The first-order valence-electron chi connectivity index (χ1n) is 7.33. The molecule has 0 spiro atoms. The molecule has 126 valence electrons. The fourth-order valence-electron chi connectivity index (χ4n) is 2.89. The largest absolute Gasteiger partial charge is 0.483 e. The van der Waals surface area contributed by atoms with Gasteiger partial charge in [0.05, 0.1) is 6.54 Å². The Bertz CT molecular complexity index is 861. The van der Waals surface area contributed by atoms with E-state index in [2.05, 4.69) is 4.98 Å². The molecule has 24 heavy (non-hydrogen) atoms. The normalized spacial score (nSPS) is 15.2. The molecule has 0 fully saturated rings. The van der Waals surface area contributed by atoms with Crippen LogP contribution in [0.1, 0.15) is 5.56 Å². The predicted molar refractivity (Wildman–Crippen MR) is 76.9 cm³/mol. The second-order valence-electron chi connectivity index (χ2n) is 5.50. The monoisotopic (exact) mass is 339 g/mol. The molecular weight excluding hydrogens is 327 g/mol. The first kappa shape index (κ1) is 14.9. The summed E-state index contributed by atoms with van der Waals surface area (Å²) in [5.74, 6) is -3.25. The van der Waals surface area contributed by atoms with Gasteiger partial charge in [-0.15, -0.1) is 0 Å². The number of hydrogen-bond donors (Lipinski definition) is 0. The molecule has 3 heterocycles. The minimum Gasteiger partial charge on any atom is -0.483 e. The second kappa shape index (κ2) is 5.43. The summed E-state index contributed by atoms with van der Waals surface area (Å²) in [4.78, 5) is 17.9. The van der Waals surface area contributed by atoms with Crippen LogP contribution in [0.15, 0.2) is 16.9 Å². The van der Waals surface area contributed by atoms with E-state index < -0.39 is 23.1 Å². The van der Waals surface area contributed by atoms with Crippen molar-refractivity contribution < 1.29 is 22.6 Å². The molecule has 0 saturated carbocycles. The maximum atomic E-state index is 13.2. The molecule has 1 aromatic carbocycles. The molecule has 0 saturated heterocycles. The third-order valence-electron chi connectivity index (χ3n) is 4.00. The molecule has 0 amide bonds. The summed E-state index contributed by atoms with van der Waals surface area (Å²) >= 11 is 0. The molecule has 2 aliphatic heterocycles. The maximum Gasteiger partial charge on any atom is 0.352 e. The highest BCUT2D eigenvalue weighted by Gasteiger charge is 2.32. The van der Waals surface area contributed by atoms with E-state index in [1.807, 2.05) is 4.90 Å². The first-order chi connectivity index (χ1) is 11.5. The van der Waals surface area contributed by atoms with E-state index in [4.69, 9.17) is 9.47 Å². The number of anilines is 1. The van der Waals surface area contributed by atoms with Gasteiger partial charge in [0, 0.05) is 13.1 Å². The molecule has 0 unspecified atom stereocenters. The summed E-state index contributed by atoms with van der Waals surface area (Å²) in [6, 6.07) is 1.66. The Labute approximate surface area is 134 Å². The van der Waals surface area contributed by atoms with Gasteiger partial charge in [-0.2, -0.15) is 4.98 Å². The number of hydrogen-bond acceptors (Lipinski definition) is 5. The van der Waals surface area contributed by atoms with Crippen LogP contribution in [-0.2, 0) is 13.2 Å². The van der Waals surface area contributed by atoms with Gasteiger partial charge in [-0.25, -0.2) is 18.0 Å². The quantitative estimate of drug-likeness (QED) is 0.793. The van der Waals surface area contributed by atoms with Gasteiger partial charge < -0.3 is 14.4 Å². The van der Waals surface area contributed by atoms with Crippen LogP contribution >= 0.6 is 0 Å². The summed E-state index contributed by atoms with van der Waals surface area (Å²) in [7, 11) is 0. The fraction of sp³-hybridized carbons (Fsp3) is 0.333. The van der Waals surface area contributed by atoms with Crippen molar-refractivity contribution in [3.63, 3.8) is 0 Å². The van der Waals surface area contributed by atoms with Crippen molar-refractivity contribution in [3.8, 4) is 11.6 Å². The van der Waals surface area contributed by atoms with Crippen LogP contribution in [-0.4, -0.2) is 29.2 Å². The third-order valence-corrected chi connectivity index (χ3v) is 4.00. The molecule has 4 rings (SSSR count). The molecule has 0 bridgehead atoms. The Morgan fingerprint density at radius 3 is 2.67 bits per heavy atom. The Balaban J connectivity index is 1.66. The topological polar surface area (TPSA) is 56.6 Å². The van der Waals surface area contributed by atoms with E-state index in [1.54, 1.807) is 0 Å². The van der Waals surface area contributed by atoms with Gasteiger partial charge in [0.2, 0.25) is 5.75 Å². The van der Waals surface area contributed by atoms with Crippen molar-refractivity contribution in [2.45, 2.75) is 13.2 Å². The van der Waals surface area contributed by atoms with Gasteiger partial charge in [-0.3, -0.25) is 4.57 Å². The van der Waals surface area contributed by atoms with Crippen molar-refractivity contribution in [2.75, 3.05) is 24.6 Å². The van der Waals surface area contributed by atoms with Gasteiger partial charge in [0.1, 0.15) is 13.2 Å². The lowest BCUT2D eigenvalue weighted by molar-refractivity contribution is 0.245. The number of ether oxygens (including phenoxy) is 2. The zero-order chi connectivity index (χ0) is 16.8. The molecule has 0 N–H and O–H groups in total. The van der Waals surface area contributed by atoms with E-state index >= 15 is 0 Å². The lowest BCUT2D eigenvalue weighted by Gasteiger charge is -2.27. The van der Waals surface area contributed by atoms with Crippen LogP contribution < -0.4 is 20.1 Å². The van der Waals surface area contributed by atoms with Crippen molar-refractivity contribution >= 4 is 5.82 Å². The fourth-order valence-corrected chi connectivity index (χ4v) is 2.89. The lowest BCUT2D eigenvalue weighted by atomic mass is 10.2. The molecule has 0 radical (unpaired) electrons. The van der Waals surface area contributed by atoms with Gasteiger partial charge >= 0.3 is 5.69 Å². The van der Waals surface area contributed by atoms with Crippen LogP contribution in [0.25, 0.3) is 0 Å². The van der Waals surface area contributed by atoms with Gasteiger partial charge in [0.15, 0.2) is 23.3 Å². The lowest BCUT2D eigenvalue weighted by Crippen LogP contribution is -2.32. The number of nitrogens with zero attached hydrogens (tertiary/aromatic N) is 3. The van der Waals surface area contributed by atoms with Crippen LogP contribution in [0.4, 0.5) is 19.0 Å². The smallest absolute Gasteiger partial charge is 0.352 e. The summed E-state index contributed by atoms with van der Waals surface area (Å²) in [6.45, 7) is 2.00. The summed E-state index contributed by atoms with van der Waals surface area (Å²) in [5.41, 5.74) is -0.401. The van der Waals surface area contributed by atoms with E-state index in [9.17, 15) is 18.0 Å². The van der Waals surface area contributed by atoms with Gasteiger partial charge in [-0.05, 0) is 17.7 Å². The molecule has 2 aliphatic rings. The van der Waals surface area contributed by atoms with E-state index in [0.29, 0.717) is 37.8 Å². The minimum atomic E-state index is -1.54. The zero-order valence-corrected chi connectivity index (χ0v) is 12.4. The number of rotatable bonds is 3. The zero-order valence-electron chi connectivity index (χ0n) is 12.4. The second-order valence-corrected chi connectivity index (χ2v) is 5.50. The Morgan fingerprint density at radius 1 is 1.17 bits per heavy atom. The van der Waals surface area contributed by atoms with Crippen molar-refractivity contribution in [2.24, 2.45) is 0 Å². The summed E-state index contributed by atoms with van der Waals surface area (Å²) in [6.07, 6.45) is 0. The molecule has 6 nitrogen and oxygen atoms in total. The SMILES string of the molecule is O=c1nc(OCc2cc(F)c(F)c(F)c2)c2c3n1CCN3CCO2. The van der Waals surface area contributed by atoms with E-state index in [1.165, 1.54) is 4.57 Å². The van der Waals surface area contributed by atoms with Crippen LogP contribution in [0.5, 0.6) is 11.6 Å². The Hall–Kier alpha value is -2.71. The first-order valence-corrected chi connectivity index (χ1v) is 7.33. The van der Waals surface area contributed by atoms with Gasteiger partial charge in [0.25, 0.3) is 5.88 Å². The van der Waals surface area contributed by atoms with Crippen LogP contribution in [0.3, 0.4) is 0 Å². The number of benzene rings is 1. The molecular formula is C15H12F3N3O3. The maximum absolute atomic E-state index is 13.2. The van der Waals surface area contributed by atoms with E-state index in [0.717, 1.165) is 12.1 Å². The van der Waals surface area contributed by atoms with Crippen molar-refractivity contribution in [1.29, 1.82) is 0 Å². The molecule has 0 atom stereocenters. The number of halogens is 3. The van der Waals surface area contributed by atoms with E-state index in [-0.39, 0.29) is 18.1 Å². The van der Waals surface area contributed by atoms with Gasteiger partial charge in [-0.1, -0.05) is 0 Å². The Morgan fingerprint density at radius 2 is 1.92 bits per heavy atom. The average molecular weight is 339 g/mol. The summed E-state index contributed by atoms with van der Waals surface area (Å²) < 4.78 is 51.9. The van der Waals surface area contributed by atoms with Crippen molar-refractivity contribution in [3.05, 3.63) is 45.6 Å². The van der Waals surface area contributed by atoms with Crippen molar-refractivity contribution in [1.82, 2.24) is 9.55 Å². The van der Waals surface area contributed by atoms with Crippen LogP contribution in [0, 0.1) is 17.5 Å². The standard InChI is InChI=1S/C15H12F3N3O3/c16-9-5-8(6-10(17)11(9)18)7-24-13-12-14-20(3-4-23-12)1-2-21(14)15(22)19-13/h5-6H,1-4,7H2.